The van der Waals surface area contributed by atoms with Crippen LogP contribution in [0.1, 0.15) is 16.8 Å². The third kappa shape index (κ3) is 3.90. The Hall–Kier alpha value is -3.59. The van der Waals surface area contributed by atoms with Gasteiger partial charge in [0.05, 0.1) is 31.0 Å². The highest BCUT2D eigenvalue weighted by atomic mass is 16.5. The Morgan fingerprint density at radius 3 is 2.73 bits per heavy atom. The molecule has 0 saturated heterocycles. The van der Waals surface area contributed by atoms with Crippen LogP contribution in [0, 0.1) is 11.3 Å². The minimum Gasteiger partial charge on any atom is -0.497 e. The minimum atomic E-state index is -0.187. The summed E-state index contributed by atoms with van der Waals surface area (Å²) in [7, 11) is 1.63. The van der Waals surface area contributed by atoms with Crippen LogP contribution in [0.5, 0.6) is 5.75 Å². The number of hydrogen-bond acceptors (Lipinski definition) is 4. The van der Waals surface area contributed by atoms with Gasteiger partial charge >= 0.3 is 0 Å². The van der Waals surface area contributed by atoms with Crippen molar-refractivity contribution in [2.75, 3.05) is 13.7 Å². The second kappa shape index (κ2) is 7.99. The van der Waals surface area contributed by atoms with Gasteiger partial charge in [-0.05, 0) is 35.9 Å². The van der Waals surface area contributed by atoms with Crippen molar-refractivity contribution in [2.24, 2.45) is 0 Å². The molecule has 130 valence electrons. The average Bonchev–Trinajstić information content (AvgIpc) is 3.18. The lowest BCUT2D eigenvalue weighted by Gasteiger charge is -2.04. The van der Waals surface area contributed by atoms with Gasteiger partial charge in [0.25, 0.3) is 5.91 Å². The number of nitrogens with one attached hydrogen (secondary N) is 2. The van der Waals surface area contributed by atoms with Gasteiger partial charge in [0.1, 0.15) is 5.75 Å². The number of nitrogens with zero attached hydrogens (tertiary/aromatic N) is 2. The maximum Gasteiger partial charge on any atom is 0.251 e. The number of H-pyrrole nitrogens is 1. The standard InChI is InChI=1S/C20H18N4O2/c1-26-17-5-2-4-16(12-17)19-13-18(23-24-19)14-6-8-15(9-7-14)20(25)22-11-3-10-21/h2,4-9,12-13H,3,11H2,1H3,(H,22,25)(H,23,24). The van der Waals surface area contributed by atoms with E-state index in [2.05, 4.69) is 15.5 Å². The molecule has 3 rings (SSSR count). The second-order valence-corrected chi connectivity index (χ2v) is 5.64. The number of carbonyl (C=O) groups is 1. The van der Waals surface area contributed by atoms with Crippen LogP contribution < -0.4 is 10.1 Å². The molecule has 1 heterocycles. The number of aromatic nitrogens is 2. The molecule has 2 aromatic carbocycles. The first-order valence-electron chi connectivity index (χ1n) is 8.16. The lowest BCUT2D eigenvalue weighted by Crippen LogP contribution is -2.24. The summed E-state index contributed by atoms with van der Waals surface area (Å²) in [6, 6.07) is 18.9. The zero-order valence-electron chi connectivity index (χ0n) is 14.3. The number of hydrogen-bond donors (Lipinski definition) is 2. The lowest BCUT2D eigenvalue weighted by molar-refractivity contribution is 0.0954. The number of carbonyl (C=O) groups excluding carboxylic acids is 1. The van der Waals surface area contributed by atoms with E-state index in [0.717, 1.165) is 28.3 Å². The van der Waals surface area contributed by atoms with Crippen LogP contribution in [0.2, 0.25) is 0 Å². The van der Waals surface area contributed by atoms with Crippen LogP contribution in [0.4, 0.5) is 0 Å². The van der Waals surface area contributed by atoms with Crippen LogP contribution in [0.3, 0.4) is 0 Å². The summed E-state index contributed by atoms with van der Waals surface area (Å²) in [5.41, 5.74) is 4.12. The highest BCUT2D eigenvalue weighted by Crippen LogP contribution is 2.26. The van der Waals surface area contributed by atoms with Crippen molar-refractivity contribution in [1.82, 2.24) is 15.5 Å². The van der Waals surface area contributed by atoms with E-state index in [0.29, 0.717) is 18.5 Å². The van der Waals surface area contributed by atoms with Gasteiger partial charge in [0.15, 0.2) is 0 Å². The van der Waals surface area contributed by atoms with E-state index in [9.17, 15) is 4.79 Å². The topological polar surface area (TPSA) is 90.8 Å². The number of benzene rings is 2. The van der Waals surface area contributed by atoms with Crippen LogP contribution in [-0.2, 0) is 0 Å². The van der Waals surface area contributed by atoms with Crippen molar-refractivity contribution in [1.29, 1.82) is 5.26 Å². The van der Waals surface area contributed by atoms with Crippen molar-refractivity contribution < 1.29 is 9.53 Å². The second-order valence-electron chi connectivity index (χ2n) is 5.64. The first-order valence-corrected chi connectivity index (χ1v) is 8.16. The highest BCUT2D eigenvalue weighted by molar-refractivity contribution is 5.94. The normalized spacial score (nSPS) is 10.2. The molecular formula is C20H18N4O2. The van der Waals surface area contributed by atoms with Crippen LogP contribution in [-0.4, -0.2) is 29.8 Å². The van der Waals surface area contributed by atoms with Crippen molar-refractivity contribution >= 4 is 5.91 Å². The Bertz CT molecular complexity index is 939. The molecular weight excluding hydrogens is 328 g/mol. The van der Waals surface area contributed by atoms with Crippen LogP contribution >= 0.6 is 0 Å². The largest absolute Gasteiger partial charge is 0.497 e. The first kappa shape index (κ1) is 17.2. The van der Waals surface area contributed by atoms with Gasteiger partial charge in [-0.2, -0.15) is 10.4 Å². The maximum absolute atomic E-state index is 12.0. The molecule has 6 heteroatoms. The molecule has 0 spiro atoms. The Morgan fingerprint density at radius 1 is 1.19 bits per heavy atom. The fourth-order valence-electron chi connectivity index (χ4n) is 2.54. The van der Waals surface area contributed by atoms with Gasteiger partial charge in [-0.25, -0.2) is 0 Å². The minimum absolute atomic E-state index is 0.187. The fraction of sp³-hybridized carbons (Fsp3) is 0.150. The molecule has 0 radical (unpaired) electrons. The molecule has 1 aromatic heterocycles. The zero-order chi connectivity index (χ0) is 18.4. The first-order chi connectivity index (χ1) is 12.7. The molecule has 6 nitrogen and oxygen atoms in total. The molecule has 0 fully saturated rings. The summed E-state index contributed by atoms with van der Waals surface area (Å²) in [5, 5.41) is 18.6. The molecule has 0 unspecified atom stereocenters. The summed E-state index contributed by atoms with van der Waals surface area (Å²) in [6.07, 6.45) is 0.297. The molecule has 0 aliphatic carbocycles. The number of nitriles is 1. The summed E-state index contributed by atoms with van der Waals surface area (Å²) in [4.78, 5) is 12.0. The van der Waals surface area contributed by atoms with Gasteiger partial charge in [-0.3, -0.25) is 9.89 Å². The summed E-state index contributed by atoms with van der Waals surface area (Å²) in [5.74, 6) is 0.590. The van der Waals surface area contributed by atoms with E-state index < -0.39 is 0 Å². The SMILES string of the molecule is COc1cccc(-c2cc(-c3ccc(C(=O)NCCC#N)cc3)[nH]n2)c1. The fourth-order valence-corrected chi connectivity index (χ4v) is 2.54. The third-order valence-corrected chi connectivity index (χ3v) is 3.92. The molecule has 0 aliphatic rings. The van der Waals surface area contributed by atoms with Crippen molar-refractivity contribution in [2.45, 2.75) is 6.42 Å². The molecule has 0 aliphatic heterocycles. The third-order valence-electron chi connectivity index (χ3n) is 3.92. The van der Waals surface area contributed by atoms with E-state index in [-0.39, 0.29) is 5.91 Å². The number of rotatable bonds is 6. The van der Waals surface area contributed by atoms with Gasteiger partial charge in [-0.1, -0.05) is 24.3 Å². The van der Waals surface area contributed by atoms with E-state index in [1.807, 2.05) is 48.5 Å². The Morgan fingerprint density at radius 2 is 2.00 bits per heavy atom. The molecule has 26 heavy (non-hydrogen) atoms. The van der Waals surface area contributed by atoms with Crippen LogP contribution in [0.15, 0.2) is 54.6 Å². The summed E-state index contributed by atoms with van der Waals surface area (Å²) in [6.45, 7) is 0.349. The number of ether oxygens (including phenoxy) is 1. The maximum atomic E-state index is 12.0. The van der Waals surface area contributed by atoms with Gasteiger partial charge in [0.2, 0.25) is 0 Å². The van der Waals surface area contributed by atoms with Gasteiger partial charge in [0, 0.05) is 17.7 Å². The smallest absolute Gasteiger partial charge is 0.251 e. The Balaban J connectivity index is 1.75. The average molecular weight is 346 g/mol. The monoisotopic (exact) mass is 346 g/mol. The zero-order valence-corrected chi connectivity index (χ0v) is 14.3. The molecule has 0 bridgehead atoms. The molecule has 0 saturated carbocycles. The summed E-state index contributed by atoms with van der Waals surface area (Å²) < 4.78 is 5.24. The van der Waals surface area contributed by atoms with E-state index in [1.165, 1.54) is 0 Å². The molecule has 3 aromatic rings. The molecule has 1 amide bonds. The van der Waals surface area contributed by atoms with E-state index in [4.69, 9.17) is 10.00 Å². The summed E-state index contributed by atoms with van der Waals surface area (Å²) >= 11 is 0. The molecule has 2 N–H and O–H groups in total. The molecule has 0 atom stereocenters. The van der Waals surface area contributed by atoms with Crippen molar-refractivity contribution in [3.05, 3.63) is 60.2 Å². The quantitative estimate of drug-likeness (QED) is 0.669. The van der Waals surface area contributed by atoms with Gasteiger partial charge in [-0.15, -0.1) is 0 Å². The Labute approximate surface area is 151 Å². The Kier molecular flexibility index (Phi) is 5.30. The lowest BCUT2D eigenvalue weighted by atomic mass is 10.1. The van der Waals surface area contributed by atoms with E-state index >= 15 is 0 Å². The number of aromatic amines is 1. The van der Waals surface area contributed by atoms with E-state index in [1.54, 1.807) is 19.2 Å². The number of amides is 1. The van der Waals surface area contributed by atoms with Crippen molar-refractivity contribution in [3.63, 3.8) is 0 Å². The highest BCUT2D eigenvalue weighted by Gasteiger charge is 2.09. The van der Waals surface area contributed by atoms with Crippen molar-refractivity contribution in [3.8, 4) is 34.3 Å². The predicted octanol–water partition coefficient (Wildman–Crippen LogP) is 3.40. The predicted molar refractivity (Wildman–Crippen MR) is 98.6 cm³/mol. The van der Waals surface area contributed by atoms with Gasteiger partial charge < -0.3 is 10.1 Å². The van der Waals surface area contributed by atoms with Crippen LogP contribution in [0.25, 0.3) is 22.5 Å². The number of methoxy groups -OCH3 is 1.